The average Bonchev–Trinajstić information content (AvgIpc) is 2.74. The maximum absolute atomic E-state index is 13.8. The van der Waals surface area contributed by atoms with Crippen LogP contribution in [0, 0.1) is 9.39 Å². The number of aryl methyl sites for hydroxylation is 1. The van der Waals surface area contributed by atoms with E-state index in [2.05, 4.69) is 16.5 Å². The van der Waals surface area contributed by atoms with Crippen molar-refractivity contribution in [1.82, 2.24) is 9.55 Å². The Hall–Kier alpha value is -0.360. The van der Waals surface area contributed by atoms with E-state index < -0.39 is 0 Å². The molecular formula is C15H19ClFIN2. The van der Waals surface area contributed by atoms with E-state index in [0.29, 0.717) is 3.57 Å². The predicted octanol–water partition coefficient (Wildman–Crippen LogP) is 5.66. The highest BCUT2D eigenvalue weighted by Crippen LogP contribution is 2.27. The van der Waals surface area contributed by atoms with Crippen LogP contribution in [0.15, 0.2) is 12.1 Å². The van der Waals surface area contributed by atoms with Crippen LogP contribution >= 0.6 is 34.2 Å². The summed E-state index contributed by atoms with van der Waals surface area (Å²) in [5, 5.41) is -0.172. The van der Waals surface area contributed by atoms with Crippen LogP contribution in [0.1, 0.15) is 50.7 Å². The van der Waals surface area contributed by atoms with E-state index >= 15 is 0 Å². The third kappa shape index (κ3) is 3.45. The van der Waals surface area contributed by atoms with Gasteiger partial charge in [0.15, 0.2) is 0 Å². The topological polar surface area (TPSA) is 17.8 Å². The van der Waals surface area contributed by atoms with E-state index in [-0.39, 0.29) is 11.2 Å². The van der Waals surface area contributed by atoms with Gasteiger partial charge in [-0.05, 0) is 42.0 Å². The fraction of sp³-hybridized carbons (Fsp3) is 0.533. The molecule has 0 aliphatic rings. The molecule has 20 heavy (non-hydrogen) atoms. The Morgan fingerprint density at radius 1 is 1.35 bits per heavy atom. The molecule has 0 aliphatic carbocycles. The first-order valence-corrected chi connectivity index (χ1v) is 8.55. The van der Waals surface area contributed by atoms with Crippen molar-refractivity contribution in [3.05, 3.63) is 27.3 Å². The molecule has 0 radical (unpaired) electrons. The number of hydrogen-bond acceptors (Lipinski definition) is 1. The van der Waals surface area contributed by atoms with Gasteiger partial charge in [-0.25, -0.2) is 9.37 Å². The Morgan fingerprint density at radius 3 is 2.75 bits per heavy atom. The van der Waals surface area contributed by atoms with Crippen LogP contribution in [0.4, 0.5) is 4.39 Å². The summed E-state index contributed by atoms with van der Waals surface area (Å²) in [4.78, 5) is 4.57. The number of aromatic nitrogens is 2. The molecule has 1 aromatic carbocycles. The molecule has 1 aromatic heterocycles. The maximum atomic E-state index is 13.8. The lowest BCUT2D eigenvalue weighted by Gasteiger charge is -2.10. The van der Waals surface area contributed by atoms with Crippen molar-refractivity contribution in [3.63, 3.8) is 0 Å². The molecule has 0 bridgehead atoms. The number of nitrogens with zero attached hydrogens (tertiary/aromatic N) is 2. The molecule has 5 heteroatoms. The minimum absolute atomic E-state index is 0.172. The fourth-order valence-electron chi connectivity index (χ4n) is 2.37. The minimum Gasteiger partial charge on any atom is -0.327 e. The summed E-state index contributed by atoms with van der Waals surface area (Å²) in [5.74, 6) is 0.640. The second-order valence-corrected chi connectivity index (χ2v) is 6.87. The van der Waals surface area contributed by atoms with Crippen molar-refractivity contribution in [3.8, 4) is 0 Å². The van der Waals surface area contributed by atoms with Crippen LogP contribution < -0.4 is 0 Å². The molecular weight excluding hydrogens is 390 g/mol. The first kappa shape index (κ1) is 16.0. The predicted molar refractivity (Wildman–Crippen MR) is 90.8 cm³/mol. The lowest BCUT2D eigenvalue weighted by molar-refractivity contribution is 0.572. The van der Waals surface area contributed by atoms with Crippen molar-refractivity contribution in [2.75, 3.05) is 0 Å². The Labute approximate surface area is 137 Å². The highest BCUT2D eigenvalue weighted by atomic mass is 127. The Kier molecular flexibility index (Phi) is 5.66. The summed E-state index contributed by atoms with van der Waals surface area (Å²) in [6.07, 6.45) is 4.68. The Morgan fingerprint density at radius 2 is 2.10 bits per heavy atom. The van der Waals surface area contributed by atoms with Crippen molar-refractivity contribution < 1.29 is 4.39 Å². The highest BCUT2D eigenvalue weighted by Gasteiger charge is 2.16. The number of imidazole rings is 1. The van der Waals surface area contributed by atoms with Gasteiger partial charge in [-0.3, -0.25) is 0 Å². The number of unbranched alkanes of at least 4 members (excludes halogenated alkanes) is 3. The monoisotopic (exact) mass is 408 g/mol. The number of fused-ring (bicyclic) bond motifs is 1. The van der Waals surface area contributed by atoms with Gasteiger partial charge in [-0.15, -0.1) is 11.6 Å². The van der Waals surface area contributed by atoms with Crippen LogP contribution in [-0.2, 0) is 6.54 Å². The molecule has 110 valence electrons. The van der Waals surface area contributed by atoms with E-state index in [1.165, 1.54) is 19.3 Å². The molecule has 1 unspecified atom stereocenters. The van der Waals surface area contributed by atoms with Crippen molar-refractivity contribution in [2.45, 2.75) is 51.5 Å². The van der Waals surface area contributed by atoms with Gasteiger partial charge >= 0.3 is 0 Å². The van der Waals surface area contributed by atoms with Gasteiger partial charge in [0, 0.05) is 12.6 Å². The Bertz CT molecular complexity index is 595. The van der Waals surface area contributed by atoms with Crippen LogP contribution in [0.5, 0.6) is 0 Å². The average molecular weight is 409 g/mol. The van der Waals surface area contributed by atoms with Crippen LogP contribution in [0.25, 0.3) is 11.0 Å². The molecule has 2 aromatic rings. The van der Waals surface area contributed by atoms with Gasteiger partial charge in [0.25, 0.3) is 0 Å². The summed E-state index contributed by atoms with van der Waals surface area (Å²) >= 11 is 8.21. The van der Waals surface area contributed by atoms with Gasteiger partial charge in [0.05, 0.1) is 20.0 Å². The van der Waals surface area contributed by atoms with Gasteiger partial charge in [0.1, 0.15) is 11.6 Å². The van der Waals surface area contributed by atoms with E-state index in [1.54, 1.807) is 12.1 Å². The molecule has 0 spiro atoms. The SMILES string of the molecule is CCCCCCn1c(C(C)Cl)nc2cc(I)c(F)cc21. The maximum Gasteiger partial charge on any atom is 0.138 e. The standard InChI is InChI=1S/C15H19ClFIN2/c1-3-4-5-6-7-20-14-8-11(17)12(18)9-13(14)19-15(20)10(2)16/h8-10H,3-7H2,1-2H3. The minimum atomic E-state index is -0.193. The van der Waals surface area contributed by atoms with Crippen LogP contribution in [0.3, 0.4) is 0 Å². The van der Waals surface area contributed by atoms with E-state index in [4.69, 9.17) is 11.6 Å². The molecule has 1 atom stereocenters. The first-order valence-electron chi connectivity index (χ1n) is 7.03. The zero-order valence-electron chi connectivity index (χ0n) is 11.8. The molecule has 0 N–H and O–H groups in total. The zero-order chi connectivity index (χ0) is 14.7. The normalized spacial score (nSPS) is 13.1. The molecule has 0 saturated carbocycles. The smallest absolute Gasteiger partial charge is 0.138 e. The van der Waals surface area contributed by atoms with E-state index in [1.807, 2.05) is 29.5 Å². The number of alkyl halides is 1. The summed E-state index contributed by atoms with van der Waals surface area (Å²) in [7, 11) is 0. The molecule has 0 saturated heterocycles. The van der Waals surface area contributed by atoms with Gasteiger partial charge in [-0.2, -0.15) is 0 Å². The number of halogens is 3. The molecule has 0 fully saturated rings. The Balaban J connectivity index is 2.37. The van der Waals surface area contributed by atoms with Crippen molar-refractivity contribution in [2.24, 2.45) is 0 Å². The number of benzene rings is 1. The quantitative estimate of drug-likeness (QED) is 0.342. The van der Waals surface area contributed by atoms with E-state index in [0.717, 1.165) is 29.8 Å². The summed E-state index contributed by atoms with van der Waals surface area (Å²) in [6, 6.07) is 3.36. The van der Waals surface area contributed by atoms with Crippen LogP contribution in [0.2, 0.25) is 0 Å². The molecule has 0 amide bonds. The third-order valence-corrected chi connectivity index (χ3v) is 4.43. The summed E-state index contributed by atoms with van der Waals surface area (Å²) in [5.41, 5.74) is 1.68. The summed E-state index contributed by atoms with van der Waals surface area (Å²) in [6.45, 7) is 4.95. The summed E-state index contributed by atoms with van der Waals surface area (Å²) < 4.78 is 16.5. The van der Waals surface area contributed by atoms with Gasteiger partial charge in [0.2, 0.25) is 0 Å². The van der Waals surface area contributed by atoms with Gasteiger partial charge < -0.3 is 4.57 Å². The molecule has 2 rings (SSSR count). The first-order chi connectivity index (χ1) is 9.54. The second-order valence-electron chi connectivity index (χ2n) is 5.05. The zero-order valence-corrected chi connectivity index (χ0v) is 14.7. The van der Waals surface area contributed by atoms with E-state index in [9.17, 15) is 4.39 Å². The van der Waals surface area contributed by atoms with Crippen molar-refractivity contribution in [1.29, 1.82) is 0 Å². The lowest BCUT2D eigenvalue weighted by atomic mass is 10.2. The van der Waals surface area contributed by atoms with Gasteiger partial charge in [-0.1, -0.05) is 26.2 Å². The second kappa shape index (κ2) is 7.07. The fourth-order valence-corrected chi connectivity index (χ4v) is 2.99. The lowest BCUT2D eigenvalue weighted by Crippen LogP contribution is -2.05. The largest absolute Gasteiger partial charge is 0.327 e. The van der Waals surface area contributed by atoms with Crippen molar-refractivity contribution >= 4 is 45.2 Å². The number of hydrogen-bond donors (Lipinski definition) is 0. The molecule has 1 heterocycles. The highest BCUT2D eigenvalue weighted by molar-refractivity contribution is 14.1. The molecule has 2 nitrogen and oxygen atoms in total. The van der Waals surface area contributed by atoms with Crippen LogP contribution in [-0.4, -0.2) is 9.55 Å². The number of rotatable bonds is 6. The molecule has 0 aliphatic heterocycles. The third-order valence-electron chi connectivity index (χ3n) is 3.41.